The molecule has 4 nitrogen and oxygen atoms in total. The van der Waals surface area contributed by atoms with Gasteiger partial charge in [-0.25, -0.2) is 17.2 Å². The van der Waals surface area contributed by atoms with Crippen LogP contribution in [0.15, 0.2) is 18.2 Å². The Hall–Kier alpha value is -1.05. The first-order valence-corrected chi connectivity index (χ1v) is 9.68. The van der Waals surface area contributed by atoms with E-state index in [1.165, 1.54) is 10.4 Å². The first-order chi connectivity index (χ1) is 10.9. The molecule has 0 spiro atoms. The average molecular weight is 346 g/mol. The predicted molar refractivity (Wildman–Crippen MR) is 86.5 cm³/mol. The van der Waals surface area contributed by atoms with Crippen LogP contribution in [0.1, 0.15) is 31.7 Å². The molecule has 0 atom stereocenters. The number of benzene rings is 1. The molecule has 0 bridgehead atoms. The summed E-state index contributed by atoms with van der Waals surface area (Å²) in [6, 6.07) is 4.15. The molecule has 23 heavy (non-hydrogen) atoms. The maximum atomic E-state index is 13.7. The summed E-state index contributed by atoms with van der Waals surface area (Å²) >= 11 is 0. The van der Waals surface area contributed by atoms with Gasteiger partial charge in [0.15, 0.2) is 11.6 Å². The number of piperazine rings is 1. The highest BCUT2D eigenvalue weighted by molar-refractivity contribution is 7.89. The van der Waals surface area contributed by atoms with Crippen molar-refractivity contribution in [1.82, 2.24) is 9.21 Å². The van der Waals surface area contributed by atoms with Gasteiger partial charge in [-0.05, 0) is 12.5 Å². The molecule has 0 aliphatic carbocycles. The summed E-state index contributed by atoms with van der Waals surface area (Å²) < 4.78 is 52.9. The summed E-state index contributed by atoms with van der Waals surface area (Å²) in [4.78, 5) is 1.95. The Morgan fingerprint density at radius 2 is 1.78 bits per heavy atom. The highest BCUT2D eigenvalue weighted by Gasteiger charge is 2.26. The van der Waals surface area contributed by atoms with Crippen molar-refractivity contribution in [2.45, 2.75) is 32.7 Å². The molecule has 1 aliphatic heterocycles. The zero-order chi connectivity index (χ0) is 16.9. The van der Waals surface area contributed by atoms with Crippen LogP contribution in [0.4, 0.5) is 8.78 Å². The monoisotopic (exact) mass is 346 g/mol. The Morgan fingerprint density at radius 1 is 1.09 bits per heavy atom. The van der Waals surface area contributed by atoms with Gasteiger partial charge in [0.1, 0.15) is 0 Å². The standard InChI is InChI=1S/C16H24F2N2O2S/c1-2-3-4-12-23(21,22)20-10-8-19(9-11-20)13-14-6-5-7-15(17)16(14)18/h5-7H,2-4,8-13H2,1H3. The van der Waals surface area contributed by atoms with E-state index in [2.05, 4.69) is 0 Å². The highest BCUT2D eigenvalue weighted by Crippen LogP contribution is 2.16. The van der Waals surface area contributed by atoms with Gasteiger partial charge in [-0.2, -0.15) is 4.31 Å². The Morgan fingerprint density at radius 3 is 2.43 bits per heavy atom. The summed E-state index contributed by atoms with van der Waals surface area (Å²) in [5, 5.41) is 0. The van der Waals surface area contributed by atoms with Gasteiger partial charge in [-0.3, -0.25) is 4.90 Å². The van der Waals surface area contributed by atoms with E-state index in [9.17, 15) is 17.2 Å². The fourth-order valence-corrected chi connectivity index (χ4v) is 4.29. The molecule has 1 aromatic carbocycles. The van der Waals surface area contributed by atoms with E-state index in [4.69, 9.17) is 0 Å². The average Bonchev–Trinajstić information content (AvgIpc) is 2.52. The van der Waals surface area contributed by atoms with Crippen molar-refractivity contribution < 1.29 is 17.2 Å². The molecule has 7 heteroatoms. The molecule has 2 rings (SSSR count). The summed E-state index contributed by atoms with van der Waals surface area (Å²) in [5.41, 5.74) is 0.309. The van der Waals surface area contributed by atoms with Crippen LogP contribution in [0.2, 0.25) is 0 Å². The van der Waals surface area contributed by atoms with Crippen molar-refractivity contribution in [2.24, 2.45) is 0 Å². The van der Waals surface area contributed by atoms with E-state index in [0.717, 1.165) is 18.9 Å². The van der Waals surface area contributed by atoms with Gasteiger partial charge in [-0.15, -0.1) is 0 Å². The Labute approximate surface area is 137 Å². The van der Waals surface area contributed by atoms with Crippen LogP contribution < -0.4 is 0 Å². The number of nitrogens with zero attached hydrogens (tertiary/aromatic N) is 2. The molecule has 1 fully saturated rings. The number of hydrogen-bond acceptors (Lipinski definition) is 3. The summed E-state index contributed by atoms with van der Waals surface area (Å²) in [5.74, 6) is -1.47. The van der Waals surface area contributed by atoms with Gasteiger partial charge in [0.05, 0.1) is 5.75 Å². The number of unbranched alkanes of at least 4 members (excludes halogenated alkanes) is 2. The van der Waals surface area contributed by atoms with Gasteiger partial charge < -0.3 is 0 Å². The highest BCUT2D eigenvalue weighted by atomic mass is 32.2. The van der Waals surface area contributed by atoms with E-state index < -0.39 is 21.7 Å². The topological polar surface area (TPSA) is 40.6 Å². The molecule has 1 heterocycles. The molecular weight excluding hydrogens is 322 g/mol. The second-order valence-corrected chi connectivity index (χ2v) is 8.00. The molecule has 0 N–H and O–H groups in total. The van der Waals surface area contributed by atoms with Crippen LogP contribution in [0, 0.1) is 11.6 Å². The van der Waals surface area contributed by atoms with Crippen LogP contribution in [0.25, 0.3) is 0 Å². The van der Waals surface area contributed by atoms with Gasteiger partial charge in [0, 0.05) is 38.3 Å². The lowest BCUT2D eigenvalue weighted by Crippen LogP contribution is -2.48. The first-order valence-electron chi connectivity index (χ1n) is 8.07. The molecule has 0 unspecified atom stereocenters. The number of sulfonamides is 1. The van der Waals surface area contributed by atoms with E-state index in [0.29, 0.717) is 44.7 Å². The van der Waals surface area contributed by atoms with E-state index in [-0.39, 0.29) is 5.75 Å². The Kier molecular flexibility index (Phi) is 6.50. The summed E-state index contributed by atoms with van der Waals surface area (Å²) in [7, 11) is -3.19. The van der Waals surface area contributed by atoms with Crippen molar-refractivity contribution in [3.8, 4) is 0 Å². The number of rotatable bonds is 7. The molecule has 0 amide bonds. The van der Waals surface area contributed by atoms with Crippen LogP contribution in [-0.2, 0) is 16.6 Å². The molecule has 1 aliphatic rings. The number of halogens is 2. The number of hydrogen-bond donors (Lipinski definition) is 0. The van der Waals surface area contributed by atoms with Gasteiger partial charge in [0.2, 0.25) is 10.0 Å². The quantitative estimate of drug-likeness (QED) is 0.713. The van der Waals surface area contributed by atoms with Crippen LogP contribution in [-0.4, -0.2) is 49.6 Å². The van der Waals surface area contributed by atoms with Crippen molar-refractivity contribution in [2.75, 3.05) is 31.9 Å². The van der Waals surface area contributed by atoms with Gasteiger partial charge >= 0.3 is 0 Å². The fraction of sp³-hybridized carbons (Fsp3) is 0.625. The van der Waals surface area contributed by atoms with Crippen LogP contribution in [0.3, 0.4) is 0 Å². The molecule has 1 aromatic rings. The lowest BCUT2D eigenvalue weighted by atomic mass is 10.2. The fourth-order valence-electron chi connectivity index (χ4n) is 2.74. The third kappa shape index (κ3) is 4.96. The van der Waals surface area contributed by atoms with Crippen LogP contribution in [0.5, 0.6) is 0 Å². The third-order valence-corrected chi connectivity index (χ3v) is 6.11. The second-order valence-electron chi connectivity index (χ2n) is 5.91. The summed E-state index contributed by atoms with van der Waals surface area (Å²) in [6.07, 6.45) is 2.59. The molecule has 0 radical (unpaired) electrons. The SMILES string of the molecule is CCCCCS(=O)(=O)N1CCN(Cc2cccc(F)c2F)CC1. The first kappa shape index (κ1) is 18.3. The molecule has 0 aromatic heterocycles. The minimum Gasteiger partial charge on any atom is -0.296 e. The summed E-state index contributed by atoms with van der Waals surface area (Å²) in [6.45, 7) is 4.22. The zero-order valence-electron chi connectivity index (χ0n) is 13.5. The smallest absolute Gasteiger partial charge is 0.214 e. The second kappa shape index (κ2) is 8.17. The minimum absolute atomic E-state index is 0.194. The predicted octanol–water partition coefficient (Wildman–Crippen LogP) is 2.60. The third-order valence-electron chi connectivity index (χ3n) is 4.16. The molecule has 0 saturated carbocycles. The Bertz CT molecular complexity index is 615. The van der Waals surface area contributed by atoms with Crippen molar-refractivity contribution >= 4 is 10.0 Å². The largest absolute Gasteiger partial charge is 0.296 e. The van der Waals surface area contributed by atoms with Crippen LogP contribution >= 0.6 is 0 Å². The van der Waals surface area contributed by atoms with Gasteiger partial charge in [-0.1, -0.05) is 31.9 Å². The lowest BCUT2D eigenvalue weighted by Gasteiger charge is -2.34. The zero-order valence-corrected chi connectivity index (χ0v) is 14.3. The molecule has 130 valence electrons. The van der Waals surface area contributed by atoms with Gasteiger partial charge in [0.25, 0.3) is 0 Å². The maximum Gasteiger partial charge on any atom is 0.214 e. The van der Waals surface area contributed by atoms with Crippen molar-refractivity contribution in [3.05, 3.63) is 35.4 Å². The molecular formula is C16H24F2N2O2S. The van der Waals surface area contributed by atoms with E-state index in [1.54, 1.807) is 6.07 Å². The molecule has 1 saturated heterocycles. The van der Waals surface area contributed by atoms with E-state index >= 15 is 0 Å². The normalized spacial score (nSPS) is 17.5. The minimum atomic E-state index is -3.19. The van der Waals surface area contributed by atoms with E-state index in [1.807, 2.05) is 11.8 Å². The van der Waals surface area contributed by atoms with Crippen molar-refractivity contribution in [1.29, 1.82) is 0 Å². The van der Waals surface area contributed by atoms with Crippen molar-refractivity contribution in [3.63, 3.8) is 0 Å². The maximum absolute atomic E-state index is 13.7. The lowest BCUT2D eigenvalue weighted by molar-refractivity contribution is 0.179. The Balaban J connectivity index is 1.87.